The van der Waals surface area contributed by atoms with Crippen molar-refractivity contribution in [3.63, 3.8) is 0 Å². The first-order valence-electron chi connectivity index (χ1n) is 6.48. The number of hydrazone groups is 1. The van der Waals surface area contributed by atoms with E-state index < -0.39 is 11.8 Å². The summed E-state index contributed by atoms with van der Waals surface area (Å²) < 4.78 is 6.41. The Balaban J connectivity index is 1.85. The van der Waals surface area contributed by atoms with Crippen molar-refractivity contribution in [2.45, 2.75) is 6.54 Å². The second-order valence-corrected chi connectivity index (χ2v) is 4.32. The first kappa shape index (κ1) is 15.9. The van der Waals surface area contributed by atoms with Gasteiger partial charge in [0.1, 0.15) is 30.8 Å². The number of carbonyl (C=O) groups is 2. The molecule has 120 valence electrons. The summed E-state index contributed by atoms with van der Waals surface area (Å²) in [6.07, 6.45) is 2.79. The smallest absolute Gasteiger partial charge is 0.329 e. The fourth-order valence-electron chi connectivity index (χ4n) is 1.55. The van der Waals surface area contributed by atoms with Crippen molar-refractivity contribution >= 4 is 23.3 Å². The van der Waals surface area contributed by atoms with Crippen LogP contribution in [0.3, 0.4) is 0 Å². The van der Waals surface area contributed by atoms with Crippen LogP contribution in [-0.4, -0.2) is 39.5 Å². The maximum absolute atomic E-state index is 11.7. The maximum Gasteiger partial charge on any atom is 0.329 e. The Hall–Kier alpha value is -3.43. The summed E-state index contributed by atoms with van der Waals surface area (Å²) in [6.45, 7) is 0.139. The number of nitrogens with zero attached hydrogens (tertiary/aromatic N) is 4. The van der Waals surface area contributed by atoms with Gasteiger partial charge in [0.25, 0.3) is 0 Å². The lowest BCUT2D eigenvalue weighted by Crippen LogP contribution is -2.34. The number of methoxy groups -OCH3 is 1. The zero-order valence-corrected chi connectivity index (χ0v) is 12.3. The van der Waals surface area contributed by atoms with Crippen LogP contribution in [-0.2, 0) is 16.1 Å². The molecule has 0 spiro atoms. The molecule has 0 aliphatic carbocycles. The van der Waals surface area contributed by atoms with Crippen molar-refractivity contribution in [1.29, 1.82) is 0 Å². The van der Waals surface area contributed by atoms with E-state index in [1.165, 1.54) is 24.4 Å². The van der Waals surface area contributed by atoms with Gasteiger partial charge in [0.05, 0.1) is 7.11 Å². The number of rotatable bonds is 5. The molecule has 0 radical (unpaired) electrons. The quantitative estimate of drug-likeness (QED) is 0.289. The third kappa shape index (κ3) is 4.81. The molecule has 0 fully saturated rings. The zero-order chi connectivity index (χ0) is 16.7. The SMILES string of the molecule is COc1ccc(NC(=O)C(=O)NN=C(N)Cn2cncn2)cc1. The molecule has 0 saturated carbocycles. The molecule has 2 rings (SSSR count). The van der Waals surface area contributed by atoms with E-state index in [1.54, 1.807) is 24.3 Å². The molecule has 0 saturated heterocycles. The van der Waals surface area contributed by atoms with E-state index in [9.17, 15) is 9.59 Å². The lowest BCUT2D eigenvalue weighted by molar-refractivity contribution is -0.136. The van der Waals surface area contributed by atoms with Crippen molar-refractivity contribution in [2.75, 3.05) is 12.4 Å². The van der Waals surface area contributed by atoms with Gasteiger partial charge in [0.15, 0.2) is 0 Å². The van der Waals surface area contributed by atoms with Gasteiger partial charge in [0, 0.05) is 5.69 Å². The number of aromatic nitrogens is 3. The minimum Gasteiger partial charge on any atom is -0.497 e. The number of hydrogen-bond acceptors (Lipinski definition) is 6. The topological polar surface area (TPSA) is 137 Å². The summed E-state index contributed by atoms with van der Waals surface area (Å²) in [7, 11) is 1.53. The van der Waals surface area contributed by atoms with Crippen LogP contribution in [0.5, 0.6) is 5.75 Å². The van der Waals surface area contributed by atoms with E-state index in [2.05, 4.69) is 25.9 Å². The van der Waals surface area contributed by atoms with Crippen LogP contribution in [0.2, 0.25) is 0 Å². The normalized spacial score (nSPS) is 10.9. The van der Waals surface area contributed by atoms with E-state index in [1.807, 2.05) is 0 Å². The molecule has 0 aliphatic rings. The summed E-state index contributed by atoms with van der Waals surface area (Å²) in [5.74, 6) is -1.10. The van der Waals surface area contributed by atoms with Gasteiger partial charge in [0.2, 0.25) is 0 Å². The molecular formula is C13H15N7O3. The minimum atomic E-state index is -0.942. The van der Waals surface area contributed by atoms with Crippen LogP contribution in [0.25, 0.3) is 0 Å². The Morgan fingerprint density at radius 3 is 2.65 bits per heavy atom. The molecule has 10 nitrogen and oxygen atoms in total. The van der Waals surface area contributed by atoms with Crippen molar-refractivity contribution in [3.8, 4) is 5.75 Å². The average molecular weight is 317 g/mol. The largest absolute Gasteiger partial charge is 0.497 e. The van der Waals surface area contributed by atoms with Gasteiger partial charge in [-0.2, -0.15) is 10.2 Å². The van der Waals surface area contributed by atoms with Crippen molar-refractivity contribution in [1.82, 2.24) is 20.2 Å². The predicted molar refractivity (Wildman–Crippen MR) is 81.4 cm³/mol. The standard InChI is InChI=1S/C13H15N7O3/c1-23-10-4-2-9(3-5-10)17-12(21)13(22)19-18-11(14)6-20-8-15-7-16-20/h2-5,7-8H,6H2,1H3,(H2,14,18)(H,17,21)(H,19,22). The average Bonchev–Trinajstić information content (AvgIpc) is 3.06. The molecule has 1 aromatic carbocycles. The zero-order valence-electron chi connectivity index (χ0n) is 12.3. The number of amides is 2. The van der Waals surface area contributed by atoms with Crippen LogP contribution in [0.1, 0.15) is 0 Å². The highest BCUT2D eigenvalue weighted by Gasteiger charge is 2.13. The highest BCUT2D eigenvalue weighted by molar-refractivity contribution is 6.39. The van der Waals surface area contributed by atoms with Gasteiger partial charge in [-0.3, -0.25) is 9.59 Å². The molecule has 4 N–H and O–H groups in total. The number of benzene rings is 1. The van der Waals surface area contributed by atoms with E-state index in [0.29, 0.717) is 11.4 Å². The number of amidine groups is 1. The minimum absolute atomic E-state index is 0.0705. The fourth-order valence-corrected chi connectivity index (χ4v) is 1.55. The predicted octanol–water partition coefficient (Wildman–Crippen LogP) is -0.686. The number of ether oxygens (including phenoxy) is 1. The number of nitrogens with two attached hydrogens (primary N) is 1. The molecule has 0 bridgehead atoms. The third-order valence-corrected chi connectivity index (χ3v) is 2.65. The Bertz CT molecular complexity index is 695. The monoisotopic (exact) mass is 317 g/mol. The van der Waals surface area contributed by atoms with Gasteiger partial charge in [-0.25, -0.2) is 15.1 Å². The molecule has 0 unspecified atom stereocenters. The van der Waals surface area contributed by atoms with Crippen LogP contribution >= 0.6 is 0 Å². The summed E-state index contributed by atoms with van der Waals surface area (Å²) in [5.41, 5.74) is 8.11. The molecule has 1 heterocycles. The van der Waals surface area contributed by atoms with Crippen molar-refractivity contribution in [3.05, 3.63) is 36.9 Å². The molecule has 23 heavy (non-hydrogen) atoms. The highest BCUT2D eigenvalue weighted by atomic mass is 16.5. The molecule has 0 atom stereocenters. The first-order chi connectivity index (χ1) is 11.1. The van der Waals surface area contributed by atoms with E-state index >= 15 is 0 Å². The van der Waals surface area contributed by atoms with Gasteiger partial charge in [-0.05, 0) is 24.3 Å². The van der Waals surface area contributed by atoms with E-state index in [0.717, 1.165) is 0 Å². The summed E-state index contributed by atoms with van der Waals surface area (Å²) in [6, 6.07) is 6.52. The molecule has 1 aromatic heterocycles. The third-order valence-electron chi connectivity index (χ3n) is 2.65. The number of hydrogen-bond donors (Lipinski definition) is 3. The Kier molecular flexibility index (Phi) is 5.23. The van der Waals surface area contributed by atoms with Gasteiger partial charge in [-0.1, -0.05) is 0 Å². The van der Waals surface area contributed by atoms with Crippen molar-refractivity contribution in [2.24, 2.45) is 10.8 Å². The van der Waals surface area contributed by atoms with Crippen LogP contribution in [0.15, 0.2) is 42.0 Å². The molecule has 0 aliphatic heterocycles. The van der Waals surface area contributed by atoms with E-state index in [-0.39, 0.29) is 12.4 Å². The Labute approximate surface area is 131 Å². The lowest BCUT2D eigenvalue weighted by Gasteiger charge is -2.05. The van der Waals surface area contributed by atoms with Crippen LogP contribution in [0.4, 0.5) is 5.69 Å². The molecular weight excluding hydrogens is 302 g/mol. The maximum atomic E-state index is 11.7. The number of anilines is 1. The summed E-state index contributed by atoms with van der Waals surface area (Å²) in [5, 5.41) is 9.86. The van der Waals surface area contributed by atoms with Crippen LogP contribution in [0, 0.1) is 0 Å². The highest BCUT2D eigenvalue weighted by Crippen LogP contribution is 2.14. The van der Waals surface area contributed by atoms with Gasteiger partial charge >= 0.3 is 11.8 Å². The molecule has 2 aromatic rings. The van der Waals surface area contributed by atoms with Crippen molar-refractivity contribution < 1.29 is 14.3 Å². The molecule has 2 amide bonds. The molecule has 10 heteroatoms. The number of carbonyl (C=O) groups excluding carboxylic acids is 2. The fraction of sp³-hybridized carbons (Fsp3) is 0.154. The number of nitrogens with one attached hydrogen (secondary N) is 2. The first-order valence-corrected chi connectivity index (χ1v) is 6.48. The lowest BCUT2D eigenvalue weighted by atomic mass is 10.3. The van der Waals surface area contributed by atoms with Crippen LogP contribution < -0.4 is 21.2 Å². The Morgan fingerprint density at radius 2 is 2.04 bits per heavy atom. The Morgan fingerprint density at radius 1 is 1.30 bits per heavy atom. The second kappa shape index (κ2) is 7.54. The van der Waals surface area contributed by atoms with Gasteiger partial charge < -0.3 is 15.8 Å². The summed E-state index contributed by atoms with van der Waals surface area (Å²) >= 11 is 0. The second-order valence-electron chi connectivity index (χ2n) is 4.32. The van der Waals surface area contributed by atoms with Gasteiger partial charge in [-0.15, -0.1) is 0 Å². The van der Waals surface area contributed by atoms with E-state index in [4.69, 9.17) is 10.5 Å². The summed E-state index contributed by atoms with van der Waals surface area (Å²) in [4.78, 5) is 27.1.